The van der Waals surface area contributed by atoms with Crippen LogP contribution in [0.4, 0.5) is 0 Å². The average Bonchev–Trinajstić information content (AvgIpc) is 3.42. The normalized spacial score (nSPS) is 21.4. The van der Waals surface area contributed by atoms with Crippen molar-refractivity contribution in [3.05, 3.63) is 77.6 Å². The van der Waals surface area contributed by atoms with Crippen molar-refractivity contribution in [2.75, 3.05) is 0 Å². The Morgan fingerprint density at radius 2 is 1.61 bits per heavy atom. The molecule has 0 bridgehead atoms. The predicted octanol–water partition coefficient (Wildman–Crippen LogP) is 5.98. The Bertz CT molecular complexity index is 1050. The minimum Gasteiger partial charge on any atom is -0.198 e. The van der Waals surface area contributed by atoms with E-state index in [9.17, 15) is 0 Å². The van der Waals surface area contributed by atoms with Gasteiger partial charge in [-0.25, -0.2) is 0 Å². The first-order valence-electron chi connectivity index (χ1n) is 10.6. The highest BCUT2D eigenvalue weighted by Gasteiger charge is 2.48. The molecule has 2 aromatic carbocycles. The van der Waals surface area contributed by atoms with Crippen LogP contribution < -0.4 is 4.57 Å². The highest BCUT2D eigenvalue weighted by Crippen LogP contribution is 2.46. The van der Waals surface area contributed by atoms with Gasteiger partial charge in [0.25, 0.3) is 5.82 Å². The van der Waals surface area contributed by atoms with E-state index in [1.54, 1.807) is 0 Å². The summed E-state index contributed by atoms with van der Waals surface area (Å²) in [5, 5.41) is 0. The topological polar surface area (TPSA) is 8.81 Å². The van der Waals surface area contributed by atoms with Crippen LogP contribution in [0.25, 0.3) is 23.3 Å². The number of aryl methyl sites for hydroxylation is 1. The van der Waals surface area contributed by atoms with Crippen molar-refractivity contribution in [3.63, 3.8) is 0 Å². The number of rotatable bonds is 3. The lowest BCUT2D eigenvalue weighted by molar-refractivity contribution is -0.562. The second kappa shape index (κ2) is 6.48. The van der Waals surface area contributed by atoms with E-state index in [1.165, 1.54) is 59.7 Å². The smallest absolute Gasteiger partial charge is 0.198 e. The van der Waals surface area contributed by atoms with E-state index < -0.39 is 0 Å². The Hall–Kier alpha value is -2.61. The maximum atomic E-state index is 2.48. The van der Waals surface area contributed by atoms with Gasteiger partial charge in [-0.1, -0.05) is 49.2 Å². The molecule has 2 heterocycles. The molecule has 1 atom stereocenters. The first-order chi connectivity index (χ1) is 13.6. The lowest BCUT2D eigenvalue weighted by Crippen LogP contribution is -2.37. The first kappa shape index (κ1) is 17.5. The van der Waals surface area contributed by atoms with Gasteiger partial charge in [-0.2, -0.15) is 9.13 Å². The van der Waals surface area contributed by atoms with Crippen molar-refractivity contribution in [1.29, 1.82) is 0 Å². The summed E-state index contributed by atoms with van der Waals surface area (Å²) in [4.78, 5) is 0. The van der Waals surface area contributed by atoms with Gasteiger partial charge < -0.3 is 0 Å². The molecule has 1 saturated carbocycles. The van der Waals surface area contributed by atoms with Crippen LogP contribution in [0, 0.1) is 19.8 Å². The monoisotopic (exact) mass is 369 g/mol. The van der Waals surface area contributed by atoms with Crippen LogP contribution in [0.5, 0.6) is 0 Å². The summed E-state index contributed by atoms with van der Waals surface area (Å²) in [5.74, 6) is 2.01. The van der Waals surface area contributed by atoms with Crippen molar-refractivity contribution < 1.29 is 4.57 Å². The maximum absolute atomic E-state index is 2.48. The van der Waals surface area contributed by atoms with Gasteiger partial charge in [0.05, 0.1) is 17.2 Å². The predicted molar refractivity (Wildman–Crippen MR) is 116 cm³/mol. The number of allylic oxidation sites excluding steroid dienone is 1. The van der Waals surface area contributed by atoms with Crippen molar-refractivity contribution in [3.8, 4) is 17.1 Å². The summed E-state index contributed by atoms with van der Waals surface area (Å²) in [7, 11) is 0. The fraction of sp³-hybridized carbons (Fsp3) is 0.346. The van der Waals surface area contributed by atoms with Crippen LogP contribution >= 0.6 is 0 Å². The number of imidazole rings is 1. The zero-order valence-corrected chi connectivity index (χ0v) is 17.2. The summed E-state index contributed by atoms with van der Waals surface area (Å²) in [6, 6.07) is 19.6. The highest BCUT2D eigenvalue weighted by atomic mass is 15.2. The molecular formula is C26H29N2+. The average molecular weight is 370 g/mol. The first-order valence-corrected chi connectivity index (χ1v) is 10.6. The summed E-state index contributed by atoms with van der Waals surface area (Å²) < 4.78 is 4.95. The lowest BCUT2D eigenvalue weighted by atomic mass is 9.74. The SMILES string of the molecule is Cc1ccccc1-n1c(C)c2[n+](c1-c1ccccc1)C=CC2(C)C1CCCC1. The lowest BCUT2D eigenvalue weighted by Gasteiger charge is -2.27. The van der Waals surface area contributed by atoms with Gasteiger partial charge in [0.1, 0.15) is 5.69 Å². The van der Waals surface area contributed by atoms with Gasteiger partial charge in [0.2, 0.25) is 0 Å². The van der Waals surface area contributed by atoms with Gasteiger partial charge in [-0.15, -0.1) is 0 Å². The Labute approximate surface area is 168 Å². The van der Waals surface area contributed by atoms with E-state index in [4.69, 9.17) is 0 Å². The standard InChI is InChI=1S/C26H29N2/c1-19-11-7-10-16-23(19)28-20(2)24-26(3,22-14-8-9-15-22)17-18-27(24)25(28)21-12-5-4-6-13-21/h4-7,10-13,16-18,22H,8-9,14-15H2,1-3H3/q+1. The highest BCUT2D eigenvalue weighted by molar-refractivity contribution is 5.61. The van der Waals surface area contributed by atoms with Crippen LogP contribution in [0.3, 0.4) is 0 Å². The van der Waals surface area contributed by atoms with Gasteiger partial charge in [0.15, 0.2) is 11.4 Å². The molecule has 1 unspecified atom stereocenters. The minimum atomic E-state index is 0.123. The largest absolute Gasteiger partial charge is 0.299 e. The number of benzene rings is 2. The van der Waals surface area contributed by atoms with Gasteiger partial charge in [-0.3, -0.25) is 0 Å². The van der Waals surface area contributed by atoms with E-state index in [0.29, 0.717) is 0 Å². The summed E-state index contributed by atoms with van der Waals surface area (Å²) >= 11 is 0. The second-order valence-electron chi connectivity index (χ2n) is 8.70. The van der Waals surface area contributed by atoms with Crippen LogP contribution in [-0.4, -0.2) is 4.57 Å². The molecule has 28 heavy (non-hydrogen) atoms. The molecule has 5 rings (SSSR count). The third-order valence-corrected chi connectivity index (χ3v) is 7.03. The third kappa shape index (κ3) is 2.44. The maximum Gasteiger partial charge on any atom is 0.299 e. The molecular weight excluding hydrogens is 340 g/mol. The molecule has 0 radical (unpaired) electrons. The minimum absolute atomic E-state index is 0.123. The van der Waals surface area contributed by atoms with E-state index in [1.807, 2.05) is 0 Å². The number of aromatic nitrogens is 2. The molecule has 2 heteroatoms. The molecule has 2 nitrogen and oxygen atoms in total. The number of fused-ring (bicyclic) bond motifs is 1. The van der Waals surface area contributed by atoms with Gasteiger partial charge >= 0.3 is 0 Å². The number of nitrogens with zero attached hydrogens (tertiary/aromatic N) is 2. The van der Waals surface area contributed by atoms with Crippen LogP contribution in [0.15, 0.2) is 60.7 Å². The Balaban J connectivity index is 1.81. The molecule has 0 amide bonds. The van der Waals surface area contributed by atoms with Crippen molar-refractivity contribution in [1.82, 2.24) is 4.57 Å². The number of hydrogen-bond donors (Lipinski definition) is 0. The van der Waals surface area contributed by atoms with Crippen molar-refractivity contribution in [2.45, 2.75) is 51.9 Å². The molecule has 1 aliphatic heterocycles. The zero-order valence-electron chi connectivity index (χ0n) is 17.2. The molecule has 2 aliphatic rings. The molecule has 0 saturated heterocycles. The molecule has 3 aromatic rings. The second-order valence-corrected chi connectivity index (χ2v) is 8.70. The Morgan fingerprint density at radius 1 is 0.929 bits per heavy atom. The fourth-order valence-corrected chi connectivity index (χ4v) is 5.57. The van der Waals surface area contributed by atoms with E-state index in [0.717, 1.165) is 5.92 Å². The molecule has 142 valence electrons. The summed E-state index contributed by atoms with van der Waals surface area (Å²) in [6.07, 6.45) is 10.2. The van der Waals surface area contributed by atoms with Crippen molar-refractivity contribution in [2.24, 2.45) is 5.92 Å². The quantitative estimate of drug-likeness (QED) is 0.502. The molecule has 1 fully saturated rings. The molecule has 1 aromatic heterocycles. The number of hydrogen-bond acceptors (Lipinski definition) is 0. The third-order valence-electron chi connectivity index (χ3n) is 7.03. The molecule has 0 N–H and O–H groups in total. The Kier molecular flexibility index (Phi) is 4.04. The van der Waals surface area contributed by atoms with Gasteiger partial charge in [-0.05, 0) is 62.4 Å². The van der Waals surface area contributed by atoms with E-state index in [2.05, 4.69) is 96.8 Å². The van der Waals surface area contributed by atoms with E-state index >= 15 is 0 Å². The van der Waals surface area contributed by atoms with E-state index in [-0.39, 0.29) is 5.41 Å². The molecule has 0 spiro atoms. The zero-order chi connectivity index (χ0) is 19.3. The Morgan fingerprint density at radius 3 is 2.32 bits per heavy atom. The van der Waals surface area contributed by atoms with Gasteiger partial charge in [0, 0.05) is 6.92 Å². The molecule has 1 aliphatic carbocycles. The number of para-hydroxylation sites is 1. The summed E-state index contributed by atoms with van der Waals surface area (Å²) in [6.45, 7) is 6.98. The summed E-state index contributed by atoms with van der Waals surface area (Å²) in [5.41, 5.74) is 6.82. The van der Waals surface area contributed by atoms with Crippen LogP contribution in [0.2, 0.25) is 0 Å². The van der Waals surface area contributed by atoms with Crippen LogP contribution in [-0.2, 0) is 5.41 Å². The fourth-order valence-electron chi connectivity index (χ4n) is 5.57. The van der Waals surface area contributed by atoms with Crippen LogP contribution in [0.1, 0.15) is 49.6 Å². The van der Waals surface area contributed by atoms with Crippen molar-refractivity contribution >= 4 is 6.20 Å².